The Morgan fingerprint density at radius 2 is 1.85 bits per heavy atom. The zero-order valence-electron chi connectivity index (χ0n) is 7.57. The van der Waals surface area contributed by atoms with Crippen LogP contribution in [0, 0.1) is 0 Å². The Kier molecular flexibility index (Phi) is 5.57. The van der Waals surface area contributed by atoms with Gasteiger partial charge in [-0.1, -0.05) is 12.7 Å². The molecule has 0 unspecified atom stereocenters. The van der Waals surface area contributed by atoms with E-state index in [1.54, 1.807) is 0 Å². The van der Waals surface area contributed by atoms with E-state index in [-0.39, 0.29) is 18.8 Å². The maximum absolute atomic E-state index is 9.01. The summed E-state index contributed by atoms with van der Waals surface area (Å²) in [6, 6.07) is 0. The first kappa shape index (κ1) is 12.3. The quantitative estimate of drug-likeness (QED) is 0.469. The number of aliphatic hydroxyl groups is 3. The summed E-state index contributed by atoms with van der Waals surface area (Å²) in [5.41, 5.74) is -1.01. The molecule has 0 aromatic rings. The van der Waals surface area contributed by atoms with Crippen molar-refractivity contribution < 1.29 is 20.1 Å². The van der Waals surface area contributed by atoms with Crippen molar-refractivity contribution >= 4 is 0 Å². The highest BCUT2D eigenvalue weighted by atomic mass is 16.5. The fourth-order valence-corrected chi connectivity index (χ4v) is 0.829. The molecule has 13 heavy (non-hydrogen) atoms. The summed E-state index contributed by atoms with van der Waals surface area (Å²) in [6.07, 6.45) is 1.49. The fourth-order valence-electron chi connectivity index (χ4n) is 0.829. The molecule has 4 nitrogen and oxygen atoms in total. The predicted octanol–water partition coefficient (Wildman–Crippen LogP) is -0.539. The Hall–Kier alpha value is -0.680. The summed E-state index contributed by atoms with van der Waals surface area (Å²) >= 11 is 0. The molecule has 0 rings (SSSR count). The molecule has 0 heterocycles. The molecule has 4 heteroatoms. The minimum Gasteiger partial charge on any atom is -0.393 e. The van der Waals surface area contributed by atoms with E-state index in [1.807, 2.05) is 0 Å². The molecule has 0 aromatic carbocycles. The van der Waals surface area contributed by atoms with Gasteiger partial charge in [0.05, 0.1) is 26.4 Å². The van der Waals surface area contributed by atoms with Gasteiger partial charge in [0.2, 0.25) is 0 Å². The van der Waals surface area contributed by atoms with Crippen LogP contribution in [-0.2, 0) is 4.74 Å². The maximum Gasteiger partial charge on any atom is 0.137 e. The van der Waals surface area contributed by atoms with E-state index >= 15 is 0 Å². The Morgan fingerprint density at radius 1 is 1.31 bits per heavy atom. The molecular weight excluding hydrogens is 172 g/mol. The first-order chi connectivity index (χ1) is 6.16. The van der Waals surface area contributed by atoms with Gasteiger partial charge in [0.15, 0.2) is 0 Å². The minimum absolute atomic E-state index is 0.181. The van der Waals surface area contributed by atoms with Gasteiger partial charge in [0.1, 0.15) is 5.60 Å². The number of hydrogen-bond donors (Lipinski definition) is 3. The first-order valence-corrected chi connectivity index (χ1v) is 3.92. The monoisotopic (exact) mass is 188 g/mol. The van der Waals surface area contributed by atoms with Gasteiger partial charge in [0.25, 0.3) is 0 Å². The van der Waals surface area contributed by atoms with Crippen LogP contribution in [0.15, 0.2) is 24.8 Å². The highest BCUT2D eigenvalue weighted by Gasteiger charge is 2.32. The van der Waals surface area contributed by atoms with Crippen LogP contribution in [0.4, 0.5) is 0 Å². The smallest absolute Gasteiger partial charge is 0.137 e. The van der Waals surface area contributed by atoms with Crippen LogP contribution in [0.25, 0.3) is 0 Å². The largest absolute Gasteiger partial charge is 0.393 e. The normalized spacial score (nSPS) is 11.3. The summed E-state index contributed by atoms with van der Waals surface area (Å²) in [5, 5.41) is 26.8. The molecule has 0 saturated carbocycles. The van der Waals surface area contributed by atoms with E-state index in [0.717, 1.165) is 0 Å². The van der Waals surface area contributed by atoms with Crippen molar-refractivity contribution in [3.05, 3.63) is 24.8 Å². The van der Waals surface area contributed by atoms with Gasteiger partial charge in [0, 0.05) is 0 Å². The molecule has 0 radical (unpaired) electrons. The van der Waals surface area contributed by atoms with Gasteiger partial charge in [-0.05, 0) is 5.57 Å². The van der Waals surface area contributed by atoms with Crippen molar-refractivity contribution in [2.45, 2.75) is 5.60 Å². The van der Waals surface area contributed by atoms with E-state index in [0.29, 0.717) is 0 Å². The van der Waals surface area contributed by atoms with Crippen LogP contribution < -0.4 is 0 Å². The van der Waals surface area contributed by atoms with E-state index in [4.69, 9.17) is 20.1 Å². The Morgan fingerprint density at radius 3 is 2.15 bits per heavy atom. The van der Waals surface area contributed by atoms with Crippen LogP contribution in [0.3, 0.4) is 0 Å². The van der Waals surface area contributed by atoms with Crippen molar-refractivity contribution in [2.24, 2.45) is 0 Å². The van der Waals surface area contributed by atoms with Gasteiger partial charge in [-0.25, -0.2) is 0 Å². The molecule has 0 saturated heterocycles. The average Bonchev–Trinajstić information content (AvgIpc) is 2.19. The lowest BCUT2D eigenvalue weighted by atomic mass is 9.97. The Balaban J connectivity index is 4.47. The average molecular weight is 188 g/mol. The summed E-state index contributed by atoms with van der Waals surface area (Å²) in [6.45, 7) is 5.95. The maximum atomic E-state index is 9.01. The second kappa shape index (κ2) is 5.88. The van der Waals surface area contributed by atoms with Crippen LogP contribution in [0.2, 0.25) is 0 Å². The van der Waals surface area contributed by atoms with Crippen LogP contribution in [0.5, 0.6) is 0 Å². The lowest BCUT2D eigenvalue weighted by Gasteiger charge is -2.30. The Bertz CT molecular complexity index is 172. The van der Waals surface area contributed by atoms with Crippen molar-refractivity contribution in [3.63, 3.8) is 0 Å². The second-order valence-electron chi connectivity index (χ2n) is 2.67. The van der Waals surface area contributed by atoms with Gasteiger partial charge >= 0.3 is 0 Å². The zero-order chi connectivity index (χ0) is 10.3. The van der Waals surface area contributed by atoms with Crippen molar-refractivity contribution in [2.75, 3.05) is 26.4 Å². The van der Waals surface area contributed by atoms with Gasteiger partial charge in [-0.3, -0.25) is 0 Å². The van der Waals surface area contributed by atoms with Crippen LogP contribution >= 0.6 is 0 Å². The predicted molar refractivity (Wildman–Crippen MR) is 49.3 cm³/mol. The molecule has 0 amide bonds. The SMILES string of the molecule is C=CCOC(CO)(CO)C(=C)CO. The topological polar surface area (TPSA) is 69.9 Å². The zero-order valence-corrected chi connectivity index (χ0v) is 7.57. The standard InChI is InChI=1S/C9H16O4/c1-3-4-13-9(6-11,7-12)8(2)5-10/h3,10-12H,1-2,4-7H2. The molecule has 0 aliphatic heterocycles. The molecular formula is C9H16O4. The summed E-state index contributed by atoms with van der Waals surface area (Å²) in [4.78, 5) is 0. The third-order valence-corrected chi connectivity index (χ3v) is 1.82. The van der Waals surface area contributed by atoms with E-state index in [2.05, 4.69) is 13.2 Å². The van der Waals surface area contributed by atoms with Crippen LogP contribution in [-0.4, -0.2) is 47.3 Å². The third kappa shape index (κ3) is 2.93. The van der Waals surface area contributed by atoms with Gasteiger partial charge in [-0.15, -0.1) is 6.58 Å². The molecule has 0 aliphatic rings. The molecule has 0 spiro atoms. The lowest BCUT2D eigenvalue weighted by Crippen LogP contribution is -2.43. The van der Waals surface area contributed by atoms with Gasteiger partial charge < -0.3 is 20.1 Å². The fraction of sp³-hybridized carbons (Fsp3) is 0.556. The molecule has 0 aliphatic carbocycles. The number of aliphatic hydroxyl groups excluding tert-OH is 3. The number of hydrogen-bond acceptors (Lipinski definition) is 4. The molecule has 76 valence electrons. The summed E-state index contributed by atoms with van der Waals surface area (Å²) in [5.74, 6) is 0. The summed E-state index contributed by atoms with van der Waals surface area (Å²) < 4.78 is 5.15. The highest BCUT2D eigenvalue weighted by molar-refractivity contribution is 5.14. The molecule has 0 bridgehead atoms. The minimum atomic E-state index is -1.26. The van der Waals surface area contributed by atoms with Gasteiger partial charge in [-0.2, -0.15) is 0 Å². The Labute approximate surface area is 77.8 Å². The van der Waals surface area contributed by atoms with Crippen molar-refractivity contribution in [1.82, 2.24) is 0 Å². The highest BCUT2D eigenvalue weighted by Crippen LogP contribution is 2.19. The van der Waals surface area contributed by atoms with E-state index in [1.165, 1.54) is 6.08 Å². The van der Waals surface area contributed by atoms with Crippen molar-refractivity contribution in [1.29, 1.82) is 0 Å². The molecule has 0 aromatic heterocycles. The van der Waals surface area contributed by atoms with Crippen LogP contribution in [0.1, 0.15) is 0 Å². The van der Waals surface area contributed by atoms with E-state index in [9.17, 15) is 0 Å². The van der Waals surface area contributed by atoms with Crippen molar-refractivity contribution in [3.8, 4) is 0 Å². The second-order valence-corrected chi connectivity index (χ2v) is 2.67. The molecule has 3 N–H and O–H groups in total. The number of ether oxygens (including phenoxy) is 1. The summed E-state index contributed by atoms with van der Waals surface area (Å²) in [7, 11) is 0. The molecule has 0 fully saturated rings. The lowest BCUT2D eigenvalue weighted by molar-refractivity contribution is -0.0772. The van der Waals surface area contributed by atoms with E-state index < -0.39 is 18.8 Å². The number of rotatable bonds is 7. The first-order valence-electron chi connectivity index (χ1n) is 3.92. The third-order valence-electron chi connectivity index (χ3n) is 1.82. The molecule has 0 atom stereocenters.